The van der Waals surface area contributed by atoms with Crippen molar-refractivity contribution in [2.45, 2.75) is 75.4 Å². The molecule has 3 N–H and O–H groups in total. The van der Waals surface area contributed by atoms with Gasteiger partial charge in [-0.05, 0) is 81.2 Å². The zero-order valence-electron chi connectivity index (χ0n) is 25.5. The Kier molecular flexibility index (Phi) is 7.31. The number of fused-ring (bicyclic) bond motifs is 1. The SMILES string of the molecule is O=C1CCC(N2C(=O)c3ccc(NCC4CC(n5cc(-c6cccc(NC7CCOCC7)n6)c(C6CC6)n5)C4)cc3C2=O)C(=O)N1. The number of nitrogens with zero attached hydrogens (tertiary/aromatic N) is 4. The van der Waals surface area contributed by atoms with E-state index >= 15 is 0 Å². The average molecular weight is 624 g/mol. The quantitative estimate of drug-likeness (QED) is 0.302. The Hall–Kier alpha value is -4.58. The van der Waals surface area contributed by atoms with Gasteiger partial charge in [0.1, 0.15) is 11.9 Å². The standard InChI is InChI=1S/C34H37N7O5/c42-30-9-8-28(32(43)38-30)41-33(44)24-7-6-22(16-25(24)34(41)45)35-17-19-14-23(15-19)40-18-26(31(39-40)20-4-5-20)27-2-1-3-29(37-27)36-21-10-12-46-13-11-21/h1-3,6-7,16,18-21,23,28,35H,4-5,8-15,17H2,(H,36,37)(H,38,42,43). The molecule has 0 radical (unpaired) electrons. The van der Waals surface area contributed by atoms with Crippen LogP contribution in [0, 0.1) is 5.92 Å². The Morgan fingerprint density at radius 3 is 2.50 bits per heavy atom. The van der Waals surface area contributed by atoms with Gasteiger partial charge in [0.15, 0.2) is 0 Å². The minimum atomic E-state index is -0.967. The highest BCUT2D eigenvalue weighted by Crippen LogP contribution is 2.45. The first kappa shape index (κ1) is 28.9. The van der Waals surface area contributed by atoms with Crippen LogP contribution in [0.5, 0.6) is 0 Å². The topological polar surface area (TPSA) is 148 Å². The number of hydrogen-bond acceptors (Lipinski definition) is 9. The Morgan fingerprint density at radius 2 is 1.72 bits per heavy atom. The summed E-state index contributed by atoms with van der Waals surface area (Å²) in [5.41, 5.74) is 4.56. The largest absolute Gasteiger partial charge is 0.385 e. The van der Waals surface area contributed by atoms with Crippen molar-refractivity contribution in [1.82, 2.24) is 25.0 Å². The van der Waals surface area contributed by atoms with E-state index in [1.54, 1.807) is 18.2 Å². The number of pyridine rings is 1. The predicted molar refractivity (Wildman–Crippen MR) is 168 cm³/mol. The van der Waals surface area contributed by atoms with Gasteiger partial charge in [-0.15, -0.1) is 0 Å². The van der Waals surface area contributed by atoms with Crippen LogP contribution in [0.3, 0.4) is 0 Å². The third-order valence-electron chi connectivity index (χ3n) is 9.94. The van der Waals surface area contributed by atoms with Crippen molar-refractivity contribution in [3.8, 4) is 11.3 Å². The molecule has 12 nitrogen and oxygen atoms in total. The van der Waals surface area contributed by atoms with Gasteiger partial charge < -0.3 is 15.4 Å². The first-order valence-corrected chi connectivity index (χ1v) is 16.4. The van der Waals surface area contributed by atoms with Gasteiger partial charge in [0.25, 0.3) is 11.8 Å². The van der Waals surface area contributed by atoms with E-state index in [4.69, 9.17) is 14.8 Å². The van der Waals surface area contributed by atoms with E-state index in [9.17, 15) is 19.2 Å². The lowest BCUT2D eigenvalue weighted by Gasteiger charge is -2.35. The fraction of sp³-hybridized carbons (Fsp3) is 0.471. The molecular formula is C34H37N7O5. The Balaban J connectivity index is 0.897. The molecule has 5 heterocycles. The monoisotopic (exact) mass is 623 g/mol. The van der Waals surface area contributed by atoms with Crippen molar-refractivity contribution in [2.24, 2.45) is 5.92 Å². The molecule has 2 saturated heterocycles. The van der Waals surface area contributed by atoms with Crippen molar-refractivity contribution < 1.29 is 23.9 Å². The van der Waals surface area contributed by atoms with Crippen molar-refractivity contribution >= 4 is 35.1 Å². The molecule has 46 heavy (non-hydrogen) atoms. The van der Waals surface area contributed by atoms with E-state index in [0.29, 0.717) is 23.9 Å². The van der Waals surface area contributed by atoms with Gasteiger partial charge in [-0.25, -0.2) is 4.98 Å². The third-order valence-corrected chi connectivity index (χ3v) is 9.94. The molecule has 1 atom stereocenters. The summed E-state index contributed by atoms with van der Waals surface area (Å²) >= 11 is 0. The molecule has 4 fully saturated rings. The second kappa shape index (κ2) is 11.7. The first-order valence-electron chi connectivity index (χ1n) is 16.4. The number of carbonyl (C=O) groups is 4. The molecule has 5 aliphatic rings. The number of imide groups is 2. The first-order chi connectivity index (χ1) is 22.4. The molecule has 238 valence electrons. The number of anilines is 2. The van der Waals surface area contributed by atoms with Crippen LogP contribution < -0.4 is 16.0 Å². The lowest BCUT2D eigenvalue weighted by Crippen LogP contribution is -2.54. The summed E-state index contributed by atoms with van der Waals surface area (Å²) in [6.45, 7) is 2.31. The third kappa shape index (κ3) is 5.44. The van der Waals surface area contributed by atoms with Gasteiger partial charge in [-0.3, -0.25) is 34.1 Å². The zero-order valence-corrected chi connectivity index (χ0v) is 25.5. The highest BCUT2D eigenvalue weighted by molar-refractivity contribution is 6.23. The molecule has 3 aliphatic heterocycles. The Labute approximate surface area is 266 Å². The number of aromatic nitrogens is 3. The van der Waals surface area contributed by atoms with Crippen LogP contribution in [0.2, 0.25) is 0 Å². The molecule has 1 unspecified atom stereocenters. The second-order valence-electron chi connectivity index (χ2n) is 13.2. The van der Waals surface area contributed by atoms with Crippen LogP contribution in [0.4, 0.5) is 11.5 Å². The van der Waals surface area contributed by atoms with Crippen LogP contribution in [-0.2, 0) is 14.3 Å². The van der Waals surface area contributed by atoms with E-state index in [2.05, 4.69) is 39.0 Å². The maximum absolute atomic E-state index is 13.2. The summed E-state index contributed by atoms with van der Waals surface area (Å²) in [6, 6.07) is 11.0. The zero-order chi connectivity index (χ0) is 31.4. The number of rotatable bonds is 9. The lowest BCUT2D eigenvalue weighted by atomic mass is 9.80. The number of amides is 4. The molecule has 8 rings (SSSR count). The van der Waals surface area contributed by atoms with Gasteiger partial charge in [0, 0.05) is 55.6 Å². The maximum Gasteiger partial charge on any atom is 0.262 e. The number of hydrogen-bond donors (Lipinski definition) is 3. The number of ether oxygens (including phenoxy) is 1. The van der Waals surface area contributed by atoms with E-state index in [-0.39, 0.29) is 29.9 Å². The van der Waals surface area contributed by atoms with E-state index in [1.807, 2.05) is 6.07 Å². The highest BCUT2D eigenvalue weighted by atomic mass is 16.5. The predicted octanol–water partition coefficient (Wildman–Crippen LogP) is 3.88. The molecule has 2 aliphatic carbocycles. The average Bonchev–Trinajstić information content (AvgIpc) is 3.75. The van der Waals surface area contributed by atoms with E-state index in [1.165, 1.54) is 12.8 Å². The molecule has 0 spiro atoms. The van der Waals surface area contributed by atoms with Crippen molar-refractivity contribution in [1.29, 1.82) is 0 Å². The number of carbonyl (C=O) groups excluding carboxylic acids is 4. The summed E-state index contributed by atoms with van der Waals surface area (Å²) in [7, 11) is 0. The molecule has 2 aromatic heterocycles. The molecule has 1 aromatic carbocycles. The summed E-state index contributed by atoms with van der Waals surface area (Å²) in [5, 5.41) is 14.3. The summed E-state index contributed by atoms with van der Waals surface area (Å²) in [5.74, 6) is -0.146. The van der Waals surface area contributed by atoms with Crippen LogP contribution in [0.25, 0.3) is 11.3 Å². The number of benzene rings is 1. The van der Waals surface area contributed by atoms with E-state index < -0.39 is 23.8 Å². The lowest BCUT2D eigenvalue weighted by molar-refractivity contribution is -0.136. The summed E-state index contributed by atoms with van der Waals surface area (Å²) in [4.78, 5) is 56.0. The number of nitrogens with one attached hydrogen (secondary N) is 3. The number of piperidine rings is 1. The maximum atomic E-state index is 13.2. The smallest absolute Gasteiger partial charge is 0.262 e. The van der Waals surface area contributed by atoms with Gasteiger partial charge in [0.05, 0.1) is 28.6 Å². The second-order valence-corrected chi connectivity index (χ2v) is 13.2. The Bertz CT molecular complexity index is 1720. The van der Waals surface area contributed by atoms with Gasteiger partial charge >= 0.3 is 0 Å². The van der Waals surface area contributed by atoms with Gasteiger partial charge in [0.2, 0.25) is 11.8 Å². The molecule has 2 saturated carbocycles. The van der Waals surface area contributed by atoms with Crippen LogP contribution in [0.15, 0.2) is 42.6 Å². The summed E-state index contributed by atoms with van der Waals surface area (Å²) in [6.07, 6.45) is 8.71. The minimum Gasteiger partial charge on any atom is -0.385 e. The van der Waals surface area contributed by atoms with Gasteiger partial charge in [-0.1, -0.05) is 6.07 Å². The summed E-state index contributed by atoms with van der Waals surface area (Å²) < 4.78 is 7.64. The van der Waals surface area contributed by atoms with Crippen molar-refractivity contribution in [3.05, 3.63) is 59.4 Å². The van der Waals surface area contributed by atoms with Crippen LogP contribution >= 0.6 is 0 Å². The highest BCUT2D eigenvalue weighted by Gasteiger charge is 2.44. The molecule has 4 amide bonds. The molecule has 3 aromatic rings. The van der Waals surface area contributed by atoms with E-state index in [0.717, 1.165) is 78.8 Å². The van der Waals surface area contributed by atoms with Crippen molar-refractivity contribution in [2.75, 3.05) is 30.4 Å². The van der Waals surface area contributed by atoms with Gasteiger partial charge in [-0.2, -0.15) is 5.10 Å². The normalized spacial score (nSPS) is 24.9. The minimum absolute atomic E-state index is 0.0964. The van der Waals surface area contributed by atoms with Crippen LogP contribution in [-0.4, -0.2) is 75.1 Å². The fourth-order valence-electron chi connectivity index (χ4n) is 7.09. The molecule has 12 heteroatoms. The van der Waals surface area contributed by atoms with Crippen molar-refractivity contribution in [3.63, 3.8) is 0 Å². The molecule has 0 bridgehead atoms. The Morgan fingerprint density at radius 1 is 0.913 bits per heavy atom. The fourth-order valence-corrected chi connectivity index (χ4v) is 7.09. The van der Waals surface area contributed by atoms with Crippen LogP contribution in [0.1, 0.15) is 89.7 Å². The molecular weight excluding hydrogens is 586 g/mol.